The number of halogens is 2. The number of anilines is 4. The fraction of sp³-hybridized carbons (Fsp3) is 0.304. The van der Waals surface area contributed by atoms with Crippen LogP contribution in [0.1, 0.15) is 77.2 Å². The van der Waals surface area contributed by atoms with Gasteiger partial charge in [-0.2, -0.15) is 0 Å². The highest BCUT2D eigenvalue weighted by molar-refractivity contribution is 6.28. The third kappa shape index (κ3) is 5.96. The number of nitrogens with one attached hydrogen (secondary N) is 1. The van der Waals surface area contributed by atoms with Crippen molar-refractivity contribution in [2.24, 2.45) is 7.05 Å². The fourth-order valence-corrected chi connectivity index (χ4v) is 9.78. The average Bonchev–Trinajstić information content (AvgIpc) is 3.53. The predicted molar refractivity (Wildman–Crippen MR) is 223 cm³/mol. The highest BCUT2D eigenvalue weighted by atomic mass is 19.3. The highest BCUT2D eigenvalue weighted by Gasteiger charge is 2.41. The third-order valence-electron chi connectivity index (χ3n) is 12.7. The van der Waals surface area contributed by atoms with Crippen LogP contribution in [0.25, 0.3) is 32.8 Å². The minimum absolute atomic E-state index is 0.0605. The fourth-order valence-electron chi connectivity index (χ4n) is 9.78. The Labute approximate surface area is 338 Å². The van der Waals surface area contributed by atoms with E-state index in [0.29, 0.717) is 46.0 Å². The summed E-state index contributed by atoms with van der Waals surface area (Å²) in [4.78, 5) is 66.4. The van der Waals surface area contributed by atoms with Crippen molar-refractivity contribution in [1.29, 1.82) is 0 Å². The van der Waals surface area contributed by atoms with Gasteiger partial charge >= 0.3 is 0 Å². The second-order valence-corrected chi connectivity index (χ2v) is 16.1. The van der Waals surface area contributed by atoms with Crippen LogP contribution in [0, 0.1) is 6.92 Å². The lowest BCUT2D eigenvalue weighted by atomic mass is 9.90. The molecule has 3 amide bonds. The van der Waals surface area contributed by atoms with E-state index in [1.807, 2.05) is 53.4 Å². The molecule has 298 valence electrons. The molecule has 1 atom stereocenters. The Morgan fingerprint density at radius 2 is 1.63 bits per heavy atom. The maximum atomic E-state index is 14.9. The zero-order valence-corrected chi connectivity index (χ0v) is 32.7. The van der Waals surface area contributed by atoms with Crippen molar-refractivity contribution in [3.8, 4) is 11.1 Å². The molecule has 1 N–H and O–H groups in total. The number of carbonyl (C=O) groups excluding carboxylic acids is 3. The summed E-state index contributed by atoms with van der Waals surface area (Å²) in [6, 6.07) is 19.9. The van der Waals surface area contributed by atoms with Gasteiger partial charge in [0.2, 0.25) is 11.8 Å². The molecule has 1 unspecified atom stereocenters. The maximum Gasteiger partial charge on any atom is 0.264 e. The first-order chi connectivity index (χ1) is 28.6. The number of imide groups is 1. The Hall–Kier alpha value is -6.50. The Morgan fingerprint density at radius 1 is 0.814 bits per heavy atom. The lowest BCUT2D eigenvalue weighted by molar-refractivity contribution is -0.134. The van der Waals surface area contributed by atoms with Crippen LogP contribution in [0.5, 0.6) is 0 Å². The van der Waals surface area contributed by atoms with Crippen molar-refractivity contribution in [2.75, 3.05) is 34.3 Å². The number of amides is 3. The van der Waals surface area contributed by atoms with Crippen molar-refractivity contribution in [3.05, 3.63) is 117 Å². The molecule has 4 aliphatic heterocycles. The maximum absolute atomic E-state index is 14.9. The molecule has 4 aliphatic rings. The average molecular weight is 794 g/mol. The van der Waals surface area contributed by atoms with E-state index < -0.39 is 18.4 Å². The van der Waals surface area contributed by atoms with Crippen molar-refractivity contribution < 1.29 is 23.2 Å². The monoisotopic (exact) mass is 793 g/mol. The van der Waals surface area contributed by atoms with Crippen molar-refractivity contribution >= 4 is 62.3 Å². The summed E-state index contributed by atoms with van der Waals surface area (Å²) in [5, 5.41) is 4.95. The number of piperidine rings is 2. The molecule has 6 aromatic rings. The lowest BCUT2D eigenvalue weighted by Crippen LogP contribution is -2.53. The number of alkyl halides is 2. The number of benzene rings is 3. The van der Waals surface area contributed by atoms with E-state index in [-0.39, 0.29) is 41.7 Å². The zero-order valence-electron chi connectivity index (χ0n) is 32.7. The summed E-state index contributed by atoms with van der Waals surface area (Å²) in [5.74, 6) is -0.172. The Morgan fingerprint density at radius 3 is 2.39 bits per heavy atom. The van der Waals surface area contributed by atoms with Gasteiger partial charge in [-0.05, 0) is 98.7 Å². The van der Waals surface area contributed by atoms with E-state index in [4.69, 9.17) is 9.97 Å². The van der Waals surface area contributed by atoms with E-state index in [9.17, 15) is 28.0 Å². The summed E-state index contributed by atoms with van der Waals surface area (Å²) in [7, 11) is 1.73. The molecular weight excluding hydrogens is 753 g/mol. The van der Waals surface area contributed by atoms with Crippen molar-refractivity contribution in [1.82, 2.24) is 19.9 Å². The number of pyridine rings is 3. The molecule has 11 nitrogen and oxygen atoms in total. The standard InChI is InChI=1S/C46H41F2N7O4/c1-25-21-33-35(52(2)45(25)58)14-17-49-43(33)54-18-4-5-27-22-31(32(42(47)48)23-39(27)54)28-8-9-34(50-24-28)26-15-19-53(20-16-26)36-10-11-37-41-29(36)6-3-7-30(41)46(59)55(37)38-12-13-40(56)51-44(38)57/h3,6-11,14,17,21-24,26,38,42H,4-5,12-13,15-16,18-20H2,1-2H3,(H,51,56,57). The summed E-state index contributed by atoms with van der Waals surface area (Å²) in [5.41, 5.74) is 7.16. The number of aryl methyl sites for hydroxylation is 3. The normalized spacial score (nSPS) is 18.4. The van der Waals surface area contributed by atoms with E-state index >= 15 is 0 Å². The minimum atomic E-state index is -2.71. The van der Waals surface area contributed by atoms with E-state index in [0.717, 1.165) is 77.4 Å². The van der Waals surface area contributed by atoms with Gasteiger partial charge in [0.1, 0.15) is 11.9 Å². The number of nitrogens with zero attached hydrogens (tertiary/aromatic N) is 6. The molecular formula is C46H41F2N7O4. The predicted octanol–water partition coefficient (Wildman–Crippen LogP) is 7.63. The van der Waals surface area contributed by atoms with Gasteiger partial charge in [0, 0.05) is 107 Å². The number of rotatable bonds is 6. The van der Waals surface area contributed by atoms with Crippen molar-refractivity contribution in [3.63, 3.8) is 0 Å². The topological polar surface area (TPSA) is 121 Å². The molecule has 0 saturated carbocycles. The molecule has 0 spiro atoms. The van der Waals surface area contributed by atoms with Gasteiger partial charge in [-0.25, -0.2) is 13.8 Å². The molecule has 3 aromatic heterocycles. The summed E-state index contributed by atoms with van der Waals surface area (Å²) in [6.45, 7) is 3.91. The van der Waals surface area contributed by atoms with Gasteiger partial charge in [-0.3, -0.25) is 34.4 Å². The van der Waals surface area contributed by atoms with Crippen LogP contribution in [0.4, 0.5) is 31.7 Å². The molecule has 7 heterocycles. The van der Waals surface area contributed by atoms with Crippen LogP contribution in [0.3, 0.4) is 0 Å². The van der Waals surface area contributed by atoms with Crippen LogP contribution < -0.4 is 25.6 Å². The molecule has 10 rings (SSSR count). The quantitative estimate of drug-likeness (QED) is 0.171. The molecule has 0 radical (unpaired) electrons. The largest absolute Gasteiger partial charge is 0.371 e. The number of aromatic nitrogens is 3. The molecule has 0 bridgehead atoms. The van der Waals surface area contributed by atoms with E-state index in [1.165, 1.54) is 0 Å². The zero-order chi connectivity index (χ0) is 40.7. The first-order valence-electron chi connectivity index (χ1n) is 20.2. The van der Waals surface area contributed by atoms with Crippen molar-refractivity contribution in [2.45, 2.75) is 63.8 Å². The van der Waals surface area contributed by atoms with Crippen LogP contribution >= 0.6 is 0 Å². The van der Waals surface area contributed by atoms with Crippen LogP contribution in [-0.4, -0.2) is 57.9 Å². The number of hydrogen-bond acceptors (Lipinski definition) is 8. The van der Waals surface area contributed by atoms with Gasteiger partial charge < -0.3 is 14.4 Å². The Balaban J connectivity index is 0.890. The second kappa shape index (κ2) is 14.1. The molecule has 2 saturated heterocycles. The molecule has 3 aromatic carbocycles. The number of hydrogen-bond donors (Lipinski definition) is 1. The molecule has 13 heteroatoms. The first kappa shape index (κ1) is 36.8. The lowest BCUT2D eigenvalue weighted by Gasteiger charge is -2.34. The van der Waals surface area contributed by atoms with Crippen LogP contribution in [0.2, 0.25) is 0 Å². The van der Waals surface area contributed by atoms with E-state index in [2.05, 4.69) is 10.2 Å². The summed E-state index contributed by atoms with van der Waals surface area (Å²) >= 11 is 0. The van der Waals surface area contributed by atoms with Gasteiger partial charge in [-0.15, -0.1) is 0 Å². The van der Waals surface area contributed by atoms with Gasteiger partial charge in [-0.1, -0.05) is 18.2 Å². The SMILES string of the molecule is Cc1cc2c(N3CCCc4cc(-c5ccc(C6CCN(c7ccc8c9c(cccc79)C(=O)N8C7CCC(=O)NC7=O)CC6)nc5)c(C(F)F)cc43)nccc2n(C)c1=O. The number of fused-ring (bicyclic) bond motifs is 2. The number of carbonyl (C=O) groups is 3. The molecule has 2 fully saturated rings. The Kier molecular flexibility index (Phi) is 8.80. The minimum Gasteiger partial charge on any atom is -0.371 e. The second-order valence-electron chi connectivity index (χ2n) is 16.1. The van der Waals surface area contributed by atoms with Gasteiger partial charge in [0.15, 0.2) is 0 Å². The highest BCUT2D eigenvalue weighted by Crippen LogP contribution is 2.45. The molecule has 59 heavy (non-hydrogen) atoms. The summed E-state index contributed by atoms with van der Waals surface area (Å²) < 4.78 is 31.4. The smallest absolute Gasteiger partial charge is 0.264 e. The van der Waals surface area contributed by atoms with Gasteiger partial charge in [0.25, 0.3) is 17.9 Å². The van der Waals surface area contributed by atoms with Gasteiger partial charge in [0.05, 0.1) is 11.2 Å². The molecule has 0 aliphatic carbocycles. The van der Waals surface area contributed by atoms with Crippen LogP contribution in [0.15, 0.2) is 83.9 Å². The first-order valence-corrected chi connectivity index (χ1v) is 20.2. The third-order valence-corrected chi connectivity index (χ3v) is 12.7. The summed E-state index contributed by atoms with van der Waals surface area (Å²) in [6.07, 6.45) is 4.37. The van der Waals surface area contributed by atoms with Crippen LogP contribution in [-0.2, 0) is 23.1 Å². The van der Waals surface area contributed by atoms with E-state index in [1.54, 1.807) is 54.0 Å². The Bertz CT molecular complexity index is 2810.